The van der Waals surface area contributed by atoms with Gasteiger partial charge in [-0.15, -0.1) is 0 Å². The van der Waals surface area contributed by atoms with Crippen LogP contribution < -0.4 is 20.1 Å². The molecule has 2 N–H and O–H groups in total. The molecule has 2 rings (SSSR count). The molecule has 1 aliphatic heterocycles. The number of benzene rings is 1. The Kier molecular flexibility index (Phi) is 6.30. The number of ether oxygens (including phenoxy) is 2. The van der Waals surface area contributed by atoms with Gasteiger partial charge in [0.1, 0.15) is 23.6 Å². The third-order valence-electron chi connectivity index (χ3n) is 4.50. The van der Waals surface area contributed by atoms with Crippen molar-refractivity contribution in [2.45, 2.75) is 39.2 Å². The second-order valence-electron chi connectivity index (χ2n) is 7.24. The van der Waals surface area contributed by atoms with Crippen molar-refractivity contribution in [1.29, 1.82) is 0 Å². The van der Waals surface area contributed by atoms with Crippen LogP contribution in [0.5, 0.6) is 11.5 Å². The zero-order valence-corrected chi connectivity index (χ0v) is 16.4. The number of urea groups is 1. The number of rotatable bonds is 8. The van der Waals surface area contributed by atoms with Crippen molar-refractivity contribution in [2.24, 2.45) is 5.92 Å². The number of hydrogen-bond acceptors (Lipinski definition) is 5. The minimum absolute atomic E-state index is 0.360. The van der Waals surface area contributed by atoms with Gasteiger partial charge in [-0.2, -0.15) is 0 Å². The van der Waals surface area contributed by atoms with Crippen molar-refractivity contribution >= 4 is 23.5 Å². The molecule has 0 aliphatic carbocycles. The molecule has 0 radical (unpaired) electrons. The smallest absolute Gasteiger partial charge is 0.325 e. The molecule has 0 bridgehead atoms. The van der Waals surface area contributed by atoms with Crippen LogP contribution >= 0.6 is 0 Å². The first-order chi connectivity index (χ1) is 12.7. The highest BCUT2D eigenvalue weighted by molar-refractivity contribution is 6.09. The molecule has 1 aliphatic rings. The Labute approximate surface area is 159 Å². The van der Waals surface area contributed by atoms with E-state index in [0.717, 1.165) is 11.3 Å². The van der Waals surface area contributed by atoms with E-state index in [1.165, 1.54) is 14.2 Å². The number of anilines is 1. The fourth-order valence-corrected chi connectivity index (χ4v) is 2.86. The van der Waals surface area contributed by atoms with Crippen LogP contribution in [0.4, 0.5) is 10.5 Å². The summed E-state index contributed by atoms with van der Waals surface area (Å²) in [6.07, 6.45) is 1.33. The summed E-state index contributed by atoms with van der Waals surface area (Å²) in [5.41, 5.74) is -0.522. The SMILES string of the molecule is COc1cc(NC(=O)CN2C(=O)N[C@](C)(CCC(C)C)C2=O)cc(OC)c1. The van der Waals surface area contributed by atoms with E-state index >= 15 is 0 Å². The topological polar surface area (TPSA) is 97.0 Å². The lowest BCUT2D eigenvalue weighted by Crippen LogP contribution is -2.44. The number of carbonyl (C=O) groups excluding carboxylic acids is 3. The van der Waals surface area contributed by atoms with E-state index in [9.17, 15) is 14.4 Å². The normalized spacial score (nSPS) is 19.3. The van der Waals surface area contributed by atoms with Crippen molar-refractivity contribution in [1.82, 2.24) is 10.2 Å². The molecular weight excluding hydrogens is 350 g/mol. The average Bonchev–Trinajstić information content (AvgIpc) is 2.83. The highest BCUT2D eigenvalue weighted by Crippen LogP contribution is 2.27. The Morgan fingerprint density at radius 2 is 1.78 bits per heavy atom. The quantitative estimate of drug-likeness (QED) is 0.678. The largest absolute Gasteiger partial charge is 0.497 e. The van der Waals surface area contributed by atoms with E-state index in [0.29, 0.717) is 29.5 Å². The Morgan fingerprint density at radius 1 is 1.19 bits per heavy atom. The standard InChI is InChI=1S/C19H27N3O5/c1-12(2)6-7-19(3)17(24)22(18(25)21-19)11-16(23)20-13-8-14(26-4)10-15(9-13)27-5/h8-10,12H,6-7,11H2,1-5H3,(H,20,23)(H,21,25)/t19-/m1/s1. The Balaban J connectivity index is 2.05. The van der Waals surface area contributed by atoms with Gasteiger partial charge in [-0.1, -0.05) is 13.8 Å². The van der Waals surface area contributed by atoms with Crippen molar-refractivity contribution < 1.29 is 23.9 Å². The second kappa shape index (κ2) is 8.28. The van der Waals surface area contributed by atoms with Crippen molar-refractivity contribution in [3.63, 3.8) is 0 Å². The molecule has 0 aromatic heterocycles. The first-order valence-corrected chi connectivity index (χ1v) is 8.85. The summed E-state index contributed by atoms with van der Waals surface area (Å²) in [4.78, 5) is 38.2. The lowest BCUT2D eigenvalue weighted by molar-refractivity contribution is -0.133. The van der Waals surface area contributed by atoms with Gasteiger partial charge in [-0.3, -0.25) is 14.5 Å². The fraction of sp³-hybridized carbons (Fsp3) is 0.526. The summed E-state index contributed by atoms with van der Waals surface area (Å²) in [6.45, 7) is 5.44. The van der Waals surface area contributed by atoms with E-state index in [2.05, 4.69) is 24.5 Å². The van der Waals surface area contributed by atoms with Crippen LogP contribution in [0.25, 0.3) is 0 Å². The van der Waals surface area contributed by atoms with Gasteiger partial charge in [0.25, 0.3) is 5.91 Å². The van der Waals surface area contributed by atoms with Gasteiger partial charge in [0, 0.05) is 23.9 Å². The lowest BCUT2D eigenvalue weighted by atomic mass is 9.92. The molecule has 4 amide bonds. The van der Waals surface area contributed by atoms with Crippen LogP contribution in [0.15, 0.2) is 18.2 Å². The van der Waals surface area contributed by atoms with Crippen LogP contribution in [-0.4, -0.2) is 49.0 Å². The van der Waals surface area contributed by atoms with Crippen LogP contribution in [-0.2, 0) is 9.59 Å². The third kappa shape index (κ3) is 4.90. The zero-order chi connectivity index (χ0) is 20.2. The molecule has 1 atom stereocenters. The predicted molar refractivity (Wildman–Crippen MR) is 101 cm³/mol. The van der Waals surface area contributed by atoms with Gasteiger partial charge in [0.2, 0.25) is 5.91 Å². The second-order valence-corrected chi connectivity index (χ2v) is 7.24. The molecule has 1 fully saturated rings. The Morgan fingerprint density at radius 3 is 2.30 bits per heavy atom. The number of imide groups is 1. The average molecular weight is 377 g/mol. The summed E-state index contributed by atoms with van der Waals surface area (Å²) in [5, 5.41) is 5.37. The van der Waals surface area contributed by atoms with Crippen molar-refractivity contribution in [2.75, 3.05) is 26.1 Å². The third-order valence-corrected chi connectivity index (χ3v) is 4.50. The molecule has 0 saturated carbocycles. The maximum atomic E-state index is 12.7. The summed E-state index contributed by atoms with van der Waals surface area (Å²) >= 11 is 0. The molecule has 0 unspecified atom stereocenters. The molecule has 1 aromatic carbocycles. The van der Waals surface area contributed by atoms with Gasteiger partial charge in [-0.05, 0) is 25.7 Å². The maximum Gasteiger partial charge on any atom is 0.325 e. The van der Waals surface area contributed by atoms with Crippen LogP contribution in [0, 0.1) is 5.92 Å². The molecule has 148 valence electrons. The number of hydrogen-bond donors (Lipinski definition) is 2. The molecule has 1 heterocycles. The Bertz CT molecular complexity index is 712. The molecule has 0 spiro atoms. The molecule has 27 heavy (non-hydrogen) atoms. The summed E-state index contributed by atoms with van der Waals surface area (Å²) in [5.74, 6) is 0.571. The predicted octanol–water partition coefficient (Wildman–Crippen LogP) is 2.39. The van der Waals surface area contributed by atoms with Gasteiger partial charge < -0.3 is 20.1 Å². The zero-order valence-electron chi connectivity index (χ0n) is 16.4. The van der Waals surface area contributed by atoms with E-state index in [4.69, 9.17) is 9.47 Å². The molecule has 8 nitrogen and oxygen atoms in total. The molecule has 8 heteroatoms. The van der Waals surface area contributed by atoms with Crippen molar-refractivity contribution in [3.05, 3.63) is 18.2 Å². The first-order valence-electron chi connectivity index (χ1n) is 8.85. The van der Waals surface area contributed by atoms with E-state index in [1.54, 1.807) is 25.1 Å². The lowest BCUT2D eigenvalue weighted by Gasteiger charge is -2.22. The van der Waals surface area contributed by atoms with E-state index in [-0.39, 0.29) is 12.5 Å². The fourth-order valence-electron chi connectivity index (χ4n) is 2.86. The van der Waals surface area contributed by atoms with Crippen molar-refractivity contribution in [3.8, 4) is 11.5 Å². The number of methoxy groups -OCH3 is 2. The van der Waals surface area contributed by atoms with Crippen LogP contribution in [0.2, 0.25) is 0 Å². The van der Waals surface area contributed by atoms with Gasteiger partial charge in [-0.25, -0.2) is 4.79 Å². The van der Waals surface area contributed by atoms with Gasteiger partial charge in [0.05, 0.1) is 14.2 Å². The summed E-state index contributed by atoms with van der Waals surface area (Å²) in [7, 11) is 3.01. The monoisotopic (exact) mass is 377 g/mol. The number of nitrogens with one attached hydrogen (secondary N) is 2. The number of nitrogens with zero attached hydrogens (tertiary/aromatic N) is 1. The van der Waals surface area contributed by atoms with E-state index < -0.39 is 17.5 Å². The first kappa shape index (κ1) is 20.5. The minimum Gasteiger partial charge on any atom is -0.497 e. The minimum atomic E-state index is -0.971. The summed E-state index contributed by atoms with van der Waals surface area (Å²) in [6, 6.07) is 4.37. The number of carbonyl (C=O) groups is 3. The van der Waals surface area contributed by atoms with Crippen LogP contribution in [0.3, 0.4) is 0 Å². The highest BCUT2D eigenvalue weighted by atomic mass is 16.5. The molecular formula is C19H27N3O5. The Hall–Kier alpha value is -2.77. The molecule has 1 aromatic rings. The molecule has 1 saturated heterocycles. The summed E-state index contributed by atoms with van der Waals surface area (Å²) < 4.78 is 10.3. The number of amides is 4. The maximum absolute atomic E-state index is 12.7. The van der Waals surface area contributed by atoms with Gasteiger partial charge in [0.15, 0.2) is 0 Å². The van der Waals surface area contributed by atoms with Gasteiger partial charge >= 0.3 is 6.03 Å². The van der Waals surface area contributed by atoms with E-state index in [1.807, 2.05) is 0 Å². The van der Waals surface area contributed by atoms with Crippen LogP contribution in [0.1, 0.15) is 33.6 Å². The highest BCUT2D eigenvalue weighted by Gasteiger charge is 2.47.